The number of likely N-dealkylation sites (tertiary alicyclic amines) is 1. The average Bonchev–Trinajstić information content (AvgIpc) is 3.00. The van der Waals surface area contributed by atoms with Crippen LogP contribution in [0.5, 0.6) is 5.75 Å². The van der Waals surface area contributed by atoms with Crippen molar-refractivity contribution in [2.24, 2.45) is 5.16 Å². The molecule has 0 saturated carbocycles. The first-order valence-electron chi connectivity index (χ1n) is 7.57. The van der Waals surface area contributed by atoms with E-state index < -0.39 is 0 Å². The number of oxime groups is 1. The van der Waals surface area contributed by atoms with Crippen LogP contribution in [0, 0.1) is 0 Å². The number of ether oxygens (including phenoxy) is 1. The van der Waals surface area contributed by atoms with Gasteiger partial charge in [0.25, 0.3) is 0 Å². The van der Waals surface area contributed by atoms with Crippen LogP contribution in [0.3, 0.4) is 0 Å². The van der Waals surface area contributed by atoms with Crippen LogP contribution < -0.4 is 4.74 Å². The number of benzene rings is 1. The molecule has 0 spiro atoms. The summed E-state index contributed by atoms with van der Waals surface area (Å²) in [5.74, 6) is 0.961. The minimum Gasteiger partial charge on any atom is -0.492 e. The summed E-state index contributed by atoms with van der Waals surface area (Å²) in [5, 5.41) is 12.5. The van der Waals surface area contributed by atoms with Gasteiger partial charge in [-0.15, -0.1) is 0 Å². The first-order valence-corrected chi connectivity index (χ1v) is 7.57. The van der Waals surface area contributed by atoms with E-state index >= 15 is 0 Å². The zero-order valence-corrected chi connectivity index (χ0v) is 11.8. The van der Waals surface area contributed by atoms with Crippen molar-refractivity contribution >= 4 is 5.71 Å². The standard InChI is InChI=1S/C16H22N2O2/c19-17-15-7-3-6-14-13(15)5-4-8-16(14)20-12-11-18-9-1-2-10-18/h4-5,8,19H,1-3,6-7,9-12H2/b17-15-. The Morgan fingerprint density at radius 2 is 2.00 bits per heavy atom. The molecule has 4 nitrogen and oxygen atoms in total. The predicted molar refractivity (Wildman–Crippen MR) is 78.9 cm³/mol. The topological polar surface area (TPSA) is 45.1 Å². The van der Waals surface area contributed by atoms with Gasteiger partial charge >= 0.3 is 0 Å². The fraction of sp³-hybridized carbons (Fsp3) is 0.562. The Labute approximate surface area is 120 Å². The Balaban J connectivity index is 1.67. The van der Waals surface area contributed by atoms with Crippen molar-refractivity contribution in [3.05, 3.63) is 29.3 Å². The molecule has 1 aromatic rings. The van der Waals surface area contributed by atoms with Crippen molar-refractivity contribution in [2.45, 2.75) is 32.1 Å². The Bertz CT molecular complexity index is 493. The highest BCUT2D eigenvalue weighted by Gasteiger charge is 2.19. The van der Waals surface area contributed by atoms with E-state index in [1.165, 1.54) is 31.5 Å². The number of nitrogens with zero attached hydrogens (tertiary/aromatic N) is 2. The molecule has 0 radical (unpaired) electrons. The highest BCUT2D eigenvalue weighted by molar-refractivity contribution is 6.02. The summed E-state index contributed by atoms with van der Waals surface area (Å²) in [7, 11) is 0. The molecule has 2 aliphatic rings. The Morgan fingerprint density at radius 1 is 1.15 bits per heavy atom. The van der Waals surface area contributed by atoms with Gasteiger partial charge in [0.15, 0.2) is 0 Å². The van der Waals surface area contributed by atoms with Gasteiger partial charge in [0.05, 0.1) is 5.71 Å². The third-order valence-electron chi connectivity index (χ3n) is 4.27. The van der Waals surface area contributed by atoms with Crippen LogP contribution in [0.15, 0.2) is 23.4 Å². The van der Waals surface area contributed by atoms with Gasteiger partial charge in [-0.1, -0.05) is 17.3 Å². The van der Waals surface area contributed by atoms with Gasteiger partial charge in [-0.05, 0) is 51.3 Å². The first kappa shape index (κ1) is 13.4. The highest BCUT2D eigenvalue weighted by atomic mass is 16.5. The van der Waals surface area contributed by atoms with Crippen molar-refractivity contribution in [1.82, 2.24) is 4.90 Å². The average molecular weight is 274 g/mol. The van der Waals surface area contributed by atoms with Gasteiger partial charge in [0, 0.05) is 17.7 Å². The normalized spacial score (nSPS) is 21.1. The Kier molecular flexibility index (Phi) is 4.21. The quantitative estimate of drug-likeness (QED) is 0.678. The largest absolute Gasteiger partial charge is 0.492 e. The predicted octanol–water partition coefficient (Wildman–Crippen LogP) is 2.68. The molecule has 3 rings (SSSR count). The second-order valence-electron chi connectivity index (χ2n) is 5.58. The third kappa shape index (κ3) is 2.80. The molecule has 1 saturated heterocycles. The minimum atomic E-state index is 0.738. The number of hydrogen-bond acceptors (Lipinski definition) is 4. The molecule has 4 heteroatoms. The van der Waals surface area contributed by atoms with Crippen molar-refractivity contribution < 1.29 is 9.94 Å². The molecule has 0 unspecified atom stereocenters. The van der Waals surface area contributed by atoms with Crippen LogP contribution in [-0.2, 0) is 6.42 Å². The van der Waals surface area contributed by atoms with E-state index in [2.05, 4.69) is 10.1 Å². The lowest BCUT2D eigenvalue weighted by molar-refractivity contribution is 0.236. The lowest BCUT2D eigenvalue weighted by Gasteiger charge is -2.21. The van der Waals surface area contributed by atoms with E-state index in [0.717, 1.165) is 49.4 Å². The fourth-order valence-electron chi connectivity index (χ4n) is 3.19. The summed E-state index contributed by atoms with van der Waals surface area (Å²) in [6.45, 7) is 4.15. The van der Waals surface area contributed by atoms with Crippen LogP contribution >= 0.6 is 0 Å². The van der Waals surface area contributed by atoms with Crippen LogP contribution in [0.2, 0.25) is 0 Å². The third-order valence-corrected chi connectivity index (χ3v) is 4.27. The molecular formula is C16H22N2O2. The second-order valence-corrected chi connectivity index (χ2v) is 5.58. The molecular weight excluding hydrogens is 252 g/mol. The van der Waals surface area contributed by atoms with E-state index in [4.69, 9.17) is 9.94 Å². The molecule has 1 heterocycles. The van der Waals surface area contributed by atoms with Gasteiger partial charge in [-0.2, -0.15) is 0 Å². The van der Waals surface area contributed by atoms with Crippen molar-refractivity contribution in [1.29, 1.82) is 0 Å². The smallest absolute Gasteiger partial charge is 0.123 e. The zero-order valence-electron chi connectivity index (χ0n) is 11.8. The minimum absolute atomic E-state index is 0.738. The molecule has 1 aliphatic carbocycles. The van der Waals surface area contributed by atoms with E-state index in [-0.39, 0.29) is 0 Å². The van der Waals surface area contributed by atoms with Crippen LogP contribution in [0.4, 0.5) is 0 Å². The Hall–Kier alpha value is -1.55. The monoisotopic (exact) mass is 274 g/mol. The van der Waals surface area contributed by atoms with Crippen LogP contribution in [0.1, 0.15) is 36.8 Å². The number of hydrogen-bond donors (Lipinski definition) is 1. The molecule has 1 N–H and O–H groups in total. The van der Waals surface area contributed by atoms with E-state index in [9.17, 15) is 0 Å². The zero-order chi connectivity index (χ0) is 13.8. The molecule has 0 amide bonds. The molecule has 108 valence electrons. The maximum absolute atomic E-state index is 9.09. The van der Waals surface area contributed by atoms with Crippen molar-refractivity contribution in [3.63, 3.8) is 0 Å². The van der Waals surface area contributed by atoms with E-state index in [1.54, 1.807) is 0 Å². The number of fused-ring (bicyclic) bond motifs is 1. The highest BCUT2D eigenvalue weighted by Crippen LogP contribution is 2.30. The Morgan fingerprint density at radius 3 is 2.80 bits per heavy atom. The molecule has 0 bridgehead atoms. The molecule has 1 aromatic carbocycles. The maximum atomic E-state index is 9.09. The van der Waals surface area contributed by atoms with Gasteiger partial charge in [0.2, 0.25) is 0 Å². The van der Waals surface area contributed by atoms with Gasteiger partial charge < -0.3 is 9.94 Å². The fourth-order valence-corrected chi connectivity index (χ4v) is 3.19. The molecule has 0 atom stereocenters. The SMILES string of the molecule is O/N=C1/CCCc2c(OCCN3CCCC3)cccc21. The molecule has 0 aromatic heterocycles. The van der Waals surface area contributed by atoms with Gasteiger partial charge in [0.1, 0.15) is 12.4 Å². The lowest BCUT2D eigenvalue weighted by atomic mass is 9.89. The van der Waals surface area contributed by atoms with E-state index in [0.29, 0.717) is 0 Å². The molecule has 1 fully saturated rings. The van der Waals surface area contributed by atoms with Crippen molar-refractivity contribution in [2.75, 3.05) is 26.2 Å². The summed E-state index contributed by atoms with van der Waals surface area (Å²) in [4.78, 5) is 2.45. The maximum Gasteiger partial charge on any atom is 0.123 e. The number of rotatable bonds is 4. The second kappa shape index (κ2) is 6.27. The van der Waals surface area contributed by atoms with Gasteiger partial charge in [-0.25, -0.2) is 0 Å². The summed E-state index contributed by atoms with van der Waals surface area (Å²) in [5.41, 5.74) is 3.04. The summed E-state index contributed by atoms with van der Waals surface area (Å²) in [6.07, 6.45) is 5.52. The molecule has 1 aliphatic heterocycles. The summed E-state index contributed by atoms with van der Waals surface area (Å²) < 4.78 is 5.98. The van der Waals surface area contributed by atoms with Crippen molar-refractivity contribution in [3.8, 4) is 5.75 Å². The lowest BCUT2D eigenvalue weighted by Crippen LogP contribution is -2.25. The molecule has 20 heavy (non-hydrogen) atoms. The summed E-state index contributed by atoms with van der Waals surface area (Å²) >= 11 is 0. The van der Waals surface area contributed by atoms with Crippen LogP contribution in [0.25, 0.3) is 0 Å². The summed E-state index contributed by atoms with van der Waals surface area (Å²) in [6, 6.07) is 6.04. The van der Waals surface area contributed by atoms with Crippen LogP contribution in [-0.4, -0.2) is 42.1 Å². The van der Waals surface area contributed by atoms with Gasteiger partial charge in [-0.3, -0.25) is 4.90 Å². The first-order chi connectivity index (χ1) is 9.88. The van der Waals surface area contributed by atoms with E-state index in [1.807, 2.05) is 18.2 Å².